The summed E-state index contributed by atoms with van der Waals surface area (Å²) in [6.07, 6.45) is 2.93. The number of rotatable bonds is 15. The zero-order chi connectivity index (χ0) is 38.9. The summed E-state index contributed by atoms with van der Waals surface area (Å²) in [6, 6.07) is 25.8. The quantitative estimate of drug-likeness (QED) is 0.0952. The Balaban J connectivity index is 1.33. The van der Waals surface area contributed by atoms with Gasteiger partial charge in [-0.3, -0.25) is 0 Å². The highest BCUT2D eigenvalue weighted by molar-refractivity contribution is 7.93. The fourth-order valence-electron chi connectivity index (χ4n) is 7.23. The summed E-state index contributed by atoms with van der Waals surface area (Å²) in [4.78, 5) is 10.3. The van der Waals surface area contributed by atoms with Gasteiger partial charge in [-0.15, -0.1) is 0 Å². The fraction of sp³-hybridized carbons (Fsp3) is 0.326. The molecule has 0 fully saturated rings. The van der Waals surface area contributed by atoms with Gasteiger partial charge in [-0.2, -0.15) is 0 Å². The van der Waals surface area contributed by atoms with E-state index in [2.05, 4.69) is 65.5 Å². The highest BCUT2D eigenvalue weighted by Gasteiger charge is 2.32. The van der Waals surface area contributed by atoms with E-state index in [0.29, 0.717) is 36.6 Å². The molecule has 7 rings (SSSR count). The van der Waals surface area contributed by atoms with Crippen LogP contribution >= 0.6 is 0 Å². The molecule has 3 heterocycles. The van der Waals surface area contributed by atoms with E-state index in [0.717, 1.165) is 85.1 Å². The number of sulfonamides is 1. The van der Waals surface area contributed by atoms with Crippen LogP contribution < -0.4 is 4.31 Å². The van der Waals surface area contributed by atoms with Gasteiger partial charge in [0, 0.05) is 50.4 Å². The number of para-hydroxylation sites is 2. The molecule has 7 aromatic rings. The lowest BCUT2D eigenvalue weighted by molar-refractivity contribution is 0.134. The van der Waals surface area contributed by atoms with Crippen LogP contribution in [0.3, 0.4) is 0 Å². The zero-order valence-electron chi connectivity index (χ0n) is 32.6. The van der Waals surface area contributed by atoms with Crippen molar-refractivity contribution in [3.63, 3.8) is 0 Å². The fourth-order valence-corrected chi connectivity index (χ4v) is 8.82. The van der Waals surface area contributed by atoms with E-state index in [-0.39, 0.29) is 17.4 Å². The van der Waals surface area contributed by atoms with Gasteiger partial charge in [-0.25, -0.2) is 22.7 Å². The lowest BCUT2D eigenvalue weighted by Gasteiger charge is -2.23. The van der Waals surface area contributed by atoms with Crippen molar-refractivity contribution in [2.45, 2.75) is 71.9 Å². The maximum atomic E-state index is 14.5. The van der Waals surface area contributed by atoms with Crippen LogP contribution in [0.1, 0.15) is 60.5 Å². The average molecular weight is 761 g/mol. The second-order valence-corrected chi connectivity index (χ2v) is 15.8. The first-order chi connectivity index (χ1) is 26.6. The summed E-state index contributed by atoms with van der Waals surface area (Å²) in [5.74, 6) is 2.67. The SMILES string of the molecule is CCCCc1nc2c(C)cc(-c3nc4ccccc4n3C)cc2n1Cc1ccc(-c2ccccc2S(=O)(=O)N(COC)c2noc(C)c2C)c(COCC)c1. The van der Waals surface area contributed by atoms with Gasteiger partial charge >= 0.3 is 0 Å². The lowest BCUT2D eigenvalue weighted by Crippen LogP contribution is -2.34. The number of fused-ring (bicyclic) bond motifs is 2. The monoisotopic (exact) mass is 760 g/mol. The lowest BCUT2D eigenvalue weighted by atomic mass is 9.97. The highest BCUT2D eigenvalue weighted by atomic mass is 32.2. The van der Waals surface area contributed by atoms with Crippen LogP contribution in [-0.4, -0.2) is 53.1 Å². The Morgan fingerprint density at radius 1 is 0.891 bits per heavy atom. The van der Waals surface area contributed by atoms with E-state index in [4.69, 9.17) is 24.0 Å². The summed E-state index contributed by atoms with van der Waals surface area (Å²) < 4.78 is 51.3. The van der Waals surface area contributed by atoms with Crippen molar-refractivity contribution in [1.82, 2.24) is 24.3 Å². The van der Waals surface area contributed by atoms with E-state index in [1.165, 1.54) is 7.11 Å². The molecule has 286 valence electrons. The summed E-state index contributed by atoms with van der Waals surface area (Å²) in [6.45, 7) is 11.0. The molecule has 0 spiro atoms. The first-order valence-electron chi connectivity index (χ1n) is 18.7. The number of hydrogen-bond donors (Lipinski definition) is 0. The van der Waals surface area contributed by atoms with Crippen molar-refractivity contribution >= 4 is 37.9 Å². The van der Waals surface area contributed by atoms with Gasteiger partial charge < -0.3 is 23.1 Å². The van der Waals surface area contributed by atoms with Crippen molar-refractivity contribution < 1.29 is 22.4 Å². The van der Waals surface area contributed by atoms with Crippen molar-refractivity contribution in [2.75, 3.05) is 24.8 Å². The number of aromatic nitrogens is 5. The number of imidazole rings is 2. The van der Waals surface area contributed by atoms with E-state index < -0.39 is 10.0 Å². The smallest absolute Gasteiger partial charge is 0.268 e. The van der Waals surface area contributed by atoms with E-state index in [1.807, 2.05) is 43.3 Å². The van der Waals surface area contributed by atoms with Crippen LogP contribution in [0.4, 0.5) is 5.82 Å². The normalized spacial score (nSPS) is 12.0. The summed E-state index contributed by atoms with van der Waals surface area (Å²) in [5.41, 5.74) is 10.1. The molecule has 0 atom stereocenters. The Labute approximate surface area is 322 Å². The topological polar surface area (TPSA) is 118 Å². The maximum Gasteiger partial charge on any atom is 0.268 e. The largest absolute Gasteiger partial charge is 0.377 e. The second-order valence-electron chi connectivity index (χ2n) is 13.9. The molecule has 0 saturated carbocycles. The van der Waals surface area contributed by atoms with Gasteiger partial charge in [0.1, 0.15) is 24.1 Å². The Bertz CT molecular complexity index is 2600. The van der Waals surface area contributed by atoms with Gasteiger partial charge in [-0.05, 0) is 86.7 Å². The first kappa shape index (κ1) is 38.0. The number of methoxy groups -OCH3 is 1. The van der Waals surface area contributed by atoms with Crippen LogP contribution in [0.5, 0.6) is 0 Å². The van der Waals surface area contributed by atoms with Crippen molar-refractivity contribution in [1.29, 1.82) is 0 Å². The third kappa shape index (κ3) is 7.17. The Morgan fingerprint density at radius 2 is 1.67 bits per heavy atom. The molecule has 0 aliphatic carbocycles. The third-order valence-electron chi connectivity index (χ3n) is 10.3. The molecule has 0 N–H and O–H groups in total. The molecule has 4 aromatic carbocycles. The van der Waals surface area contributed by atoms with Gasteiger partial charge in [0.25, 0.3) is 10.0 Å². The molecule has 0 saturated heterocycles. The minimum Gasteiger partial charge on any atom is -0.377 e. The van der Waals surface area contributed by atoms with Crippen LogP contribution in [0.25, 0.3) is 44.6 Å². The number of nitrogens with zero attached hydrogens (tertiary/aromatic N) is 6. The standard InChI is InChI=1S/C43H48N6O5S/c1-8-10-19-40-45-41-28(3)22-32(43-44-36-16-12-13-17-37(36)47(43)6)24-38(41)48(40)25-31-20-21-34(33(23-31)26-53-9-2)35-15-11-14-18-39(35)55(50,51)49(27-52-7)42-29(4)30(5)54-46-42/h11-18,20-24H,8-10,19,25-27H2,1-7H3. The minimum absolute atomic E-state index is 0.130. The molecule has 0 amide bonds. The van der Waals surface area contributed by atoms with Gasteiger partial charge in [0.05, 0.1) is 33.6 Å². The van der Waals surface area contributed by atoms with Crippen molar-refractivity contribution in [3.8, 4) is 22.5 Å². The number of hydrogen-bond acceptors (Lipinski definition) is 8. The van der Waals surface area contributed by atoms with Gasteiger partial charge in [-0.1, -0.05) is 67.0 Å². The zero-order valence-corrected chi connectivity index (χ0v) is 33.4. The summed E-state index contributed by atoms with van der Waals surface area (Å²) in [7, 11) is -0.635. The predicted molar refractivity (Wildman–Crippen MR) is 217 cm³/mol. The first-order valence-corrected chi connectivity index (χ1v) is 20.2. The molecule has 0 bridgehead atoms. The second kappa shape index (κ2) is 15.8. The maximum absolute atomic E-state index is 14.5. The number of ether oxygens (including phenoxy) is 2. The molecular formula is C43H48N6O5S. The minimum atomic E-state index is -4.15. The average Bonchev–Trinajstić information content (AvgIpc) is 3.83. The third-order valence-corrected chi connectivity index (χ3v) is 12.0. The number of benzene rings is 4. The molecular weight excluding hydrogens is 713 g/mol. The summed E-state index contributed by atoms with van der Waals surface area (Å²) in [5, 5.41) is 4.08. The van der Waals surface area contributed by atoms with Crippen molar-refractivity contribution in [2.24, 2.45) is 7.05 Å². The molecule has 11 nitrogen and oxygen atoms in total. The van der Waals surface area contributed by atoms with Crippen LogP contribution in [-0.2, 0) is 46.1 Å². The van der Waals surface area contributed by atoms with E-state index in [9.17, 15) is 8.42 Å². The Morgan fingerprint density at radius 3 is 2.40 bits per heavy atom. The Hall–Kier alpha value is -5.30. The van der Waals surface area contributed by atoms with Gasteiger partial charge in [0.15, 0.2) is 5.82 Å². The van der Waals surface area contributed by atoms with E-state index >= 15 is 0 Å². The number of unbranched alkanes of at least 4 members (excludes halogenated alkanes) is 1. The van der Waals surface area contributed by atoms with Gasteiger partial charge in [0.2, 0.25) is 0 Å². The molecule has 0 aliphatic rings. The molecule has 12 heteroatoms. The molecule has 3 aromatic heterocycles. The van der Waals surface area contributed by atoms with E-state index in [1.54, 1.807) is 26.0 Å². The predicted octanol–water partition coefficient (Wildman–Crippen LogP) is 8.90. The van der Waals surface area contributed by atoms with Crippen LogP contribution in [0.15, 0.2) is 88.3 Å². The molecule has 0 aliphatic heterocycles. The van der Waals surface area contributed by atoms with Crippen LogP contribution in [0, 0.1) is 20.8 Å². The Kier molecular flexibility index (Phi) is 10.9. The van der Waals surface area contributed by atoms with Crippen molar-refractivity contribution in [3.05, 3.63) is 113 Å². The number of anilines is 1. The number of aryl methyl sites for hydroxylation is 4. The highest BCUT2D eigenvalue weighted by Crippen LogP contribution is 2.36. The molecule has 0 radical (unpaired) electrons. The van der Waals surface area contributed by atoms with Crippen LogP contribution in [0.2, 0.25) is 0 Å². The summed E-state index contributed by atoms with van der Waals surface area (Å²) >= 11 is 0. The molecule has 55 heavy (non-hydrogen) atoms. The molecule has 0 unspecified atom stereocenters.